The zero-order valence-corrected chi connectivity index (χ0v) is 11.9. The van der Waals surface area contributed by atoms with E-state index in [2.05, 4.69) is 0 Å². The van der Waals surface area contributed by atoms with Crippen molar-refractivity contribution in [2.45, 2.75) is 31.4 Å². The van der Waals surface area contributed by atoms with Crippen molar-refractivity contribution in [3.05, 3.63) is 0 Å². The number of rotatable bonds is 4. The van der Waals surface area contributed by atoms with Crippen LogP contribution >= 0.6 is 0 Å². The molecule has 4 heteroatoms. The van der Waals surface area contributed by atoms with Crippen LogP contribution in [0.15, 0.2) is 0 Å². The minimum Gasteiger partial charge on any atom is -0.465 e. The first-order valence-corrected chi connectivity index (χ1v) is 8.01. The van der Waals surface area contributed by atoms with Gasteiger partial charge < -0.3 is 9.47 Å². The minimum atomic E-state index is 0.0497. The van der Waals surface area contributed by atoms with Crippen LogP contribution in [0.25, 0.3) is 0 Å². The number of esters is 1. The Hall–Kier alpha value is -0.353. The SMILES string of the molecule is O=C1OCC2C3CC(OCCC[SiH3])C(C3)C12. The van der Waals surface area contributed by atoms with E-state index in [4.69, 9.17) is 9.47 Å². The summed E-state index contributed by atoms with van der Waals surface area (Å²) in [6, 6.07) is 1.31. The third kappa shape index (κ3) is 1.54. The van der Waals surface area contributed by atoms with E-state index in [0.717, 1.165) is 6.61 Å². The Kier molecular flexibility index (Phi) is 2.79. The molecule has 3 rings (SSSR count). The Morgan fingerprint density at radius 1 is 1.38 bits per heavy atom. The lowest BCUT2D eigenvalue weighted by atomic mass is 9.80. The van der Waals surface area contributed by atoms with Gasteiger partial charge in [0.05, 0.1) is 18.6 Å². The molecular formula is C12H20O3Si. The van der Waals surface area contributed by atoms with E-state index >= 15 is 0 Å². The molecule has 0 aromatic heterocycles. The number of cyclic esters (lactones) is 1. The van der Waals surface area contributed by atoms with Gasteiger partial charge in [0, 0.05) is 22.8 Å². The normalized spacial score (nSPS) is 45.0. The van der Waals surface area contributed by atoms with Crippen LogP contribution in [0.5, 0.6) is 0 Å². The highest BCUT2D eigenvalue weighted by atomic mass is 28.1. The summed E-state index contributed by atoms with van der Waals surface area (Å²) < 4.78 is 11.1. The molecule has 1 heterocycles. The third-order valence-electron chi connectivity index (χ3n) is 4.64. The molecule has 3 fully saturated rings. The summed E-state index contributed by atoms with van der Waals surface area (Å²) in [5.41, 5.74) is 0. The molecule has 5 atom stereocenters. The van der Waals surface area contributed by atoms with Crippen molar-refractivity contribution < 1.29 is 14.3 Å². The van der Waals surface area contributed by atoms with Crippen molar-refractivity contribution in [1.29, 1.82) is 0 Å². The zero-order chi connectivity index (χ0) is 11.1. The Labute approximate surface area is 99.3 Å². The smallest absolute Gasteiger partial charge is 0.309 e. The molecule has 90 valence electrons. The fourth-order valence-electron chi connectivity index (χ4n) is 3.84. The first-order chi connectivity index (χ1) is 7.81. The van der Waals surface area contributed by atoms with E-state index in [1.54, 1.807) is 0 Å². The van der Waals surface area contributed by atoms with Gasteiger partial charge in [0.2, 0.25) is 0 Å². The number of carbonyl (C=O) groups is 1. The highest BCUT2D eigenvalue weighted by molar-refractivity contribution is 6.08. The van der Waals surface area contributed by atoms with Crippen LogP contribution in [0.3, 0.4) is 0 Å². The van der Waals surface area contributed by atoms with Crippen molar-refractivity contribution in [3.8, 4) is 0 Å². The van der Waals surface area contributed by atoms with Gasteiger partial charge >= 0.3 is 5.97 Å². The largest absolute Gasteiger partial charge is 0.465 e. The molecule has 2 aliphatic carbocycles. The molecule has 0 aromatic carbocycles. The molecule has 0 N–H and O–H groups in total. The second kappa shape index (κ2) is 4.15. The van der Waals surface area contributed by atoms with Crippen molar-refractivity contribution in [2.75, 3.05) is 13.2 Å². The monoisotopic (exact) mass is 240 g/mol. The summed E-state index contributed by atoms with van der Waals surface area (Å²) >= 11 is 0. The van der Waals surface area contributed by atoms with Gasteiger partial charge in [0.1, 0.15) is 0 Å². The summed E-state index contributed by atoms with van der Waals surface area (Å²) in [6.45, 7) is 1.57. The van der Waals surface area contributed by atoms with Gasteiger partial charge in [-0.3, -0.25) is 4.79 Å². The van der Waals surface area contributed by atoms with Gasteiger partial charge in [-0.25, -0.2) is 0 Å². The van der Waals surface area contributed by atoms with Gasteiger partial charge in [-0.15, -0.1) is 0 Å². The average molecular weight is 240 g/mol. The minimum absolute atomic E-state index is 0.0497. The lowest BCUT2D eigenvalue weighted by molar-refractivity contribution is -0.144. The lowest BCUT2D eigenvalue weighted by Gasteiger charge is -2.28. The summed E-state index contributed by atoms with van der Waals surface area (Å²) in [4.78, 5) is 11.6. The molecule has 1 aliphatic heterocycles. The van der Waals surface area contributed by atoms with Crippen molar-refractivity contribution in [1.82, 2.24) is 0 Å². The number of hydrogen-bond acceptors (Lipinski definition) is 3. The quantitative estimate of drug-likeness (QED) is 0.405. The number of fused-ring (bicyclic) bond motifs is 5. The van der Waals surface area contributed by atoms with E-state index in [9.17, 15) is 4.79 Å². The second-order valence-electron chi connectivity index (χ2n) is 5.48. The van der Waals surface area contributed by atoms with Gasteiger partial charge in [-0.2, -0.15) is 0 Å². The fraction of sp³-hybridized carbons (Fsp3) is 0.917. The Balaban J connectivity index is 1.62. The van der Waals surface area contributed by atoms with Crippen LogP contribution in [0.2, 0.25) is 6.04 Å². The van der Waals surface area contributed by atoms with Crippen LogP contribution in [0.1, 0.15) is 19.3 Å². The summed E-state index contributed by atoms with van der Waals surface area (Å²) in [5, 5.41) is 0. The molecule has 1 saturated heterocycles. The average Bonchev–Trinajstić information content (AvgIpc) is 2.91. The number of carbonyl (C=O) groups excluding carboxylic acids is 1. The van der Waals surface area contributed by atoms with Crippen molar-refractivity contribution >= 4 is 16.2 Å². The molecule has 0 spiro atoms. The van der Waals surface area contributed by atoms with E-state index < -0.39 is 0 Å². The topological polar surface area (TPSA) is 35.5 Å². The maximum atomic E-state index is 11.6. The van der Waals surface area contributed by atoms with E-state index in [0.29, 0.717) is 30.5 Å². The first kappa shape index (κ1) is 10.8. The predicted octanol–water partition coefficient (Wildman–Crippen LogP) is 0.374. The van der Waals surface area contributed by atoms with Crippen LogP contribution in [-0.2, 0) is 14.3 Å². The molecule has 3 nitrogen and oxygen atoms in total. The van der Waals surface area contributed by atoms with Crippen molar-refractivity contribution in [2.24, 2.45) is 23.7 Å². The maximum Gasteiger partial charge on any atom is 0.309 e. The van der Waals surface area contributed by atoms with E-state index in [1.165, 1.54) is 35.5 Å². The first-order valence-electron chi connectivity index (χ1n) is 6.59. The predicted molar refractivity (Wildman–Crippen MR) is 63.3 cm³/mol. The summed E-state index contributed by atoms with van der Waals surface area (Å²) in [7, 11) is 1.27. The number of ether oxygens (including phenoxy) is 2. The molecular weight excluding hydrogens is 220 g/mol. The van der Waals surface area contributed by atoms with Crippen molar-refractivity contribution in [3.63, 3.8) is 0 Å². The number of hydrogen-bond donors (Lipinski definition) is 0. The molecule has 0 radical (unpaired) electrons. The Morgan fingerprint density at radius 2 is 2.25 bits per heavy atom. The van der Waals surface area contributed by atoms with Crippen LogP contribution in [-0.4, -0.2) is 35.5 Å². The molecule has 2 bridgehead atoms. The van der Waals surface area contributed by atoms with Crippen LogP contribution in [0, 0.1) is 23.7 Å². The fourth-order valence-corrected chi connectivity index (χ4v) is 4.13. The highest BCUT2D eigenvalue weighted by Gasteiger charge is 2.59. The molecule has 0 amide bonds. The van der Waals surface area contributed by atoms with E-state index in [-0.39, 0.29) is 11.9 Å². The standard InChI is InChI=1S/C12H20O3Si/c13-12-11-8-4-7(9(11)6-15-12)5-10(8)14-2-1-3-16/h7-11H,1-6H2,16H3. The summed E-state index contributed by atoms with van der Waals surface area (Å²) in [5.74, 6) is 1.92. The molecule has 16 heavy (non-hydrogen) atoms. The van der Waals surface area contributed by atoms with Gasteiger partial charge in [-0.1, -0.05) is 6.04 Å². The van der Waals surface area contributed by atoms with E-state index in [1.807, 2.05) is 0 Å². The molecule has 2 saturated carbocycles. The zero-order valence-electron chi connectivity index (χ0n) is 9.85. The molecule has 5 unspecified atom stereocenters. The third-order valence-corrected chi connectivity index (χ3v) is 5.34. The van der Waals surface area contributed by atoms with Crippen LogP contribution in [0.4, 0.5) is 0 Å². The van der Waals surface area contributed by atoms with Crippen LogP contribution < -0.4 is 0 Å². The Bertz CT molecular complexity index is 294. The highest BCUT2D eigenvalue weighted by Crippen LogP contribution is 2.55. The Morgan fingerprint density at radius 3 is 3.06 bits per heavy atom. The maximum absolute atomic E-state index is 11.6. The van der Waals surface area contributed by atoms with Gasteiger partial charge in [0.15, 0.2) is 0 Å². The molecule has 3 aliphatic rings. The summed E-state index contributed by atoms with van der Waals surface area (Å²) in [6.07, 6.45) is 3.92. The molecule has 0 aromatic rings. The van der Waals surface area contributed by atoms with Gasteiger partial charge in [0.25, 0.3) is 0 Å². The van der Waals surface area contributed by atoms with Gasteiger partial charge in [-0.05, 0) is 31.1 Å². The lowest BCUT2D eigenvalue weighted by Crippen LogP contribution is -2.34. The second-order valence-corrected chi connectivity index (χ2v) is 6.48.